The molecule has 1 unspecified atom stereocenters. The van der Waals surface area contributed by atoms with Gasteiger partial charge in [-0.3, -0.25) is 14.4 Å². The van der Waals surface area contributed by atoms with Crippen LogP contribution in [0, 0.1) is 0 Å². The molecule has 0 spiro atoms. The van der Waals surface area contributed by atoms with Crippen molar-refractivity contribution < 1.29 is 24.6 Å². The number of rotatable bonds is 6. The lowest BCUT2D eigenvalue weighted by molar-refractivity contribution is -0.139. The van der Waals surface area contributed by atoms with Gasteiger partial charge in [0.1, 0.15) is 6.04 Å². The number of carboxylic acid groups (broad SMARTS) is 2. The van der Waals surface area contributed by atoms with Crippen molar-refractivity contribution in [3.05, 3.63) is 44.8 Å². The smallest absolute Gasteiger partial charge is 0.320 e. The Balaban J connectivity index is 0.000000225. The number of carboxylic acids is 2. The molecule has 22 heavy (non-hydrogen) atoms. The molecule has 2 rings (SSSR count). The SMILES string of the molecule is NC(CCC(=O)O)C(=O)O.O=C(c1cccs1)c1cccs1. The number of carbonyl (C=O) groups is 3. The highest BCUT2D eigenvalue weighted by atomic mass is 32.1. The first-order valence-electron chi connectivity index (χ1n) is 6.23. The summed E-state index contributed by atoms with van der Waals surface area (Å²) in [5.74, 6) is -2.06. The van der Waals surface area contributed by atoms with Crippen molar-refractivity contribution >= 4 is 40.4 Å². The summed E-state index contributed by atoms with van der Waals surface area (Å²) in [6.07, 6.45) is -0.224. The van der Waals surface area contributed by atoms with E-state index in [1.54, 1.807) is 0 Å². The topological polar surface area (TPSA) is 118 Å². The van der Waals surface area contributed by atoms with Crippen molar-refractivity contribution in [1.29, 1.82) is 0 Å². The van der Waals surface area contributed by atoms with Gasteiger partial charge in [0.2, 0.25) is 5.78 Å². The minimum Gasteiger partial charge on any atom is -0.481 e. The zero-order valence-corrected chi connectivity index (χ0v) is 13.1. The zero-order chi connectivity index (χ0) is 16.5. The maximum atomic E-state index is 11.6. The van der Waals surface area contributed by atoms with Crippen molar-refractivity contribution in [2.24, 2.45) is 5.73 Å². The third kappa shape index (κ3) is 6.17. The summed E-state index contributed by atoms with van der Waals surface area (Å²) in [6.45, 7) is 0. The number of hydrogen-bond acceptors (Lipinski definition) is 6. The second kappa shape index (κ2) is 9.08. The molecule has 2 aromatic rings. The fourth-order valence-corrected chi connectivity index (χ4v) is 2.76. The van der Waals surface area contributed by atoms with Crippen molar-refractivity contribution in [2.45, 2.75) is 18.9 Å². The van der Waals surface area contributed by atoms with Gasteiger partial charge in [-0.25, -0.2) is 0 Å². The number of nitrogens with two attached hydrogens (primary N) is 1. The molecular weight excluding hydrogens is 326 g/mol. The molecule has 0 aliphatic heterocycles. The van der Waals surface area contributed by atoms with Gasteiger partial charge in [-0.1, -0.05) is 12.1 Å². The molecule has 2 heterocycles. The Morgan fingerprint density at radius 2 is 1.55 bits per heavy atom. The van der Waals surface area contributed by atoms with Crippen molar-refractivity contribution in [1.82, 2.24) is 0 Å². The van der Waals surface area contributed by atoms with Crippen LogP contribution in [0.2, 0.25) is 0 Å². The minimum absolute atomic E-state index is 0.0231. The molecule has 0 amide bonds. The summed E-state index contributed by atoms with van der Waals surface area (Å²) in [4.78, 5) is 33.1. The van der Waals surface area contributed by atoms with E-state index in [1.807, 2.05) is 35.0 Å². The van der Waals surface area contributed by atoms with Crippen molar-refractivity contribution in [3.63, 3.8) is 0 Å². The van der Waals surface area contributed by atoms with Gasteiger partial charge in [0.15, 0.2) is 0 Å². The Bertz CT molecular complexity index is 571. The highest BCUT2D eigenvalue weighted by molar-refractivity contribution is 7.15. The summed E-state index contributed by atoms with van der Waals surface area (Å²) in [7, 11) is 0. The summed E-state index contributed by atoms with van der Waals surface area (Å²) in [5, 5.41) is 20.1. The predicted octanol–water partition coefficient (Wildman–Crippen LogP) is 2.30. The van der Waals surface area contributed by atoms with Gasteiger partial charge in [0, 0.05) is 6.42 Å². The lowest BCUT2D eigenvalue weighted by Gasteiger charge is -2.01. The van der Waals surface area contributed by atoms with Crippen LogP contribution in [0.4, 0.5) is 0 Å². The van der Waals surface area contributed by atoms with Crippen LogP contribution in [-0.2, 0) is 9.59 Å². The lowest BCUT2D eigenvalue weighted by Crippen LogP contribution is -2.30. The highest BCUT2D eigenvalue weighted by Gasteiger charge is 2.12. The molecule has 0 aliphatic rings. The van der Waals surface area contributed by atoms with Gasteiger partial charge in [-0.15, -0.1) is 22.7 Å². The molecule has 0 aromatic carbocycles. The quantitative estimate of drug-likeness (QED) is 0.694. The average Bonchev–Trinajstić information content (AvgIpc) is 3.16. The van der Waals surface area contributed by atoms with Crippen LogP contribution >= 0.6 is 22.7 Å². The van der Waals surface area contributed by atoms with Gasteiger partial charge >= 0.3 is 11.9 Å². The fraction of sp³-hybridized carbons (Fsp3) is 0.214. The molecule has 8 heteroatoms. The summed E-state index contributed by atoms with van der Waals surface area (Å²) in [5.41, 5.74) is 5.00. The monoisotopic (exact) mass is 341 g/mol. The second-order valence-electron chi connectivity index (χ2n) is 4.16. The Labute approximate surface area is 134 Å². The van der Waals surface area contributed by atoms with Gasteiger partial charge in [0.05, 0.1) is 9.75 Å². The molecule has 118 valence electrons. The Kier molecular flexibility index (Phi) is 7.44. The predicted molar refractivity (Wildman–Crippen MR) is 84.6 cm³/mol. The van der Waals surface area contributed by atoms with Crippen LogP contribution in [0.25, 0.3) is 0 Å². The molecule has 0 radical (unpaired) electrons. The fourth-order valence-electron chi connectivity index (χ4n) is 1.34. The van der Waals surface area contributed by atoms with E-state index in [-0.39, 0.29) is 18.6 Å². The summed E-state index contributed by atoms with van der Waals surface area (Å²) < 4.78 is 0. The van der Waals surface area contributed by atoms with E-state index < -0.39 is 18.0 Å². The molecule has 0 saturated heterocycles. The molecule has 0 fully saturated rings. The van der Waals surface area contributed by atoms with Crippen LogP contribution in [0.15, 0.2) is 35.0 Å². The van der Waals surface area contributed by atoms with Gasteiger partial charge in [0.25, 0.3) is 0 Å². The molecule has 0 aliphatic carbocycles. The number of ketones is 1. The normalized spacial score (nSPS) is 11.1. The van der Waals surface area contributed by atoms with Crippen molar-refractivity contribution in [3.8, 4) is 0 Å². The molecule has 1 atom stereocenters. The minimum atomic E-state index is -1.17. The Morgan fingerprint density at radius 3 is 1.86 bits per heavy atom. The average molecular weight is 341 g/mol. The maximum absolute atomic E-state index is 11.6. The van der Waals surface area contributed by atoms with Gasteiger partial charge in [-0.05, 0) is 29.3 Å². The van der Waals surface area contributed by atoms with Crippen LogP contribution in [-0.4, -0.2) is 34.0 Å². The van der Waals surface area contributed by atoms with E-state index in [1.165, 1.54) is 22.7 Å². The maximum Gasteiger partial charge on any atom is 0.320 e. The number of hydrogen-bond donors (Lipinski definition) is 3. The molecule has 2 aromatic heterocycles. The standard InChI is InChI=1S/C9H6OS2.C5H9NO4/c10-9(7-3-1-5-11-7)8-4-2-6-12-8;6-3(5(9)10)1-2-4(7)8/h1-6H;3H,1-2,6H2,(H,7,8)(H,9,10). The van der Waals surface area contributed by atoms with Crippen molar-refractivity contribution in [2.75, 3.05) is 0 Å². The third-order valence-corrected chi connectivity index (χ3v) is 4.21. The number of carbonyl (C=O) groups excluding carboxylic acids is 1. The number of aliphatic carboxylic acids is 2. The molecule has 0 saturated carbocycles. The largest absolute Gasteiger partial charge is 0.481 e. The summed E-state index contributed by atoms with van der Waals surface area (Å²) >= 11 is 2.97. The van der Waals surface area contributed by atoms with E-state index in [2.05, 4.69) is 0 Å². The van der Waals surface area contributed by atoms with Gasteiger partial charge < -0.3 is 15.9 Å². The van der Waals surface area contributed by atoms with Gasteiger partial charge in [-0.2, -0.15) is 0 Å². The molecule has 0 bridgehead atoms. The molecular formula is C14H15NO5S2. The van der Waals surface area contributed by atoms with Crippen LogP contribution in [0.1, 0.15) is 27.4 Å². The Morgan fingerprint density at radius 1 is 1.05 bits per heavy atom. The van der Waals surface area contributed by atoms with E-state index in [0.717, 1.165) is 9.75 Å². The number of thiophene rings is 2. The molecule has 6 nitrogen and oxygen atoms in total. The van der Waals surface area contributed by atoms with Crippen LogP contribution in [0.3, 0.4) is 0 Å². The first kappa shape index (κ1) is 18.0. The Hall–Kier alpha value is -2.03. The van der Waals surface area contributed by atoms with Crippen LogP contribution < -0.4 is 5.73 Å². The van der Waals surface area contributed by atoms with E-state index in [9.17, 15) is 14.4 Å². The van der Waals surface area contributed by atoms with E-state index >= 15 is 0 Å². The zero-order valence-electron chi connectivity index (χ0n) is 11.5. The second-order valence-corrected chi connectivity index (χ2v) is 6.06. The third-order valence-electron chi connectivity index (χ3n) is 2.48. The summed E-state index contributed by atoms with van der Waals surface area (Å²) in [6, 6.07) is 6.44. The lowest BCUT2D eigenvalue weighted by atomic mass is 10.2. The van der Waals surface area contributed by atoms with Crippen LogP contribution in [0.5, 0.6) is 0 Å². The van der Waals surface area contributed by atoms with E-state index in [0.29, 0.717) is 0 Å². The highest BCUT2D eigenvalue weighted by Crippen LogP contribution is 2.18. The first-order chi connectivity index (χ1) is 10.4. The molecule has 4 N–H and O–H groups in total. The first-order valence-corrected chi connectivity index (χ1v) is 7.99. The van der Waals surface area contributed by atoms with E-state index in [4.69, 9.17) is 15.9 Å².